The van der Waals surface area contributed by atoms with Crippen LogP contribution in [0.25, 0.3) is 11.0 Å². The van der Waals surface area contributed by atoms with Crippen LogP contribution >= 0.6 is 0 Å². The predicted molar refractivity (Wildman–Crippen MR) is 142 cm³/mol. The monoisotopic (exact) mass is 482 g/mol. The topological polar surface area (TPSA) is 77.8 Å². The van der Waals surface area contributed by atoms with Gasteiger partial charge >= 0.3 is 0 Å². The molecule has 0 atom stereocenters. The Bertz CT molecular complexity index is 1280. The van der Waals surface area contributed by atoms with Crippen LogP contribution in [0.3, 0.4) is 0 Å². The van der Waals surface area contributed by atoms with Crippen LogP contribution in [-0.2, 0) is 11.2 Å². The third-order valence-corrected chi connectivity index (χ3v) is 6.47. The van der Waals surface area contributed by atoms with Gasteiger partial charge in [0.2, 0.25) is 5.91 Å². The molecule has 0 saturated carbocycles. The first-order chi connectivity index (χ1) is 17.6. The Morgan fingerprint density at radius 3 is 2.31 bits per heavy atom. The fraction of sp³-hybridized carbons (Fsp3) is 0.241. The van der Waals surface area contributed by atoms with Crippen molar-refractivity contribution in [1.82, 2.24) is 10.2 Å². The number of nitrogens with one attached hydrogen (secondary N) is 2. The lowest BCUT2D eigenvalue weighted by molar-refractivity contribution is -0.120. The maximum absolute atomic E-state index is 12.5. The highest BCUT2D eigenvalue weighted by Crippen LogP contribution is 2.20. The molecule has 2 heterocycles. The largest absolute Gasteiger partial charge is 0.451 e. The van der Waals surface area contributed by atoms with Crippen molar-refractivity contribution in [2.45, 2.75) is 6.42 Å². The Balaban J connectivity index is 1.03. The molecule has 1 aromatic heterocycles. The highest BCUT2D eigenvalue weighted by Gasteiger charge is 2.17. The van der Waals surface area contributed by atoms with Gasteiger partial charge in [-0.1, -0.05) is 48.5 Å². The number of nitrogens with zero attached hydrogens (tertiary/aromatic N) is 2. The quantitative estimate of drug-likeness (QED) is 0.394. The van der Waals surface area contributed by atoms with E-state index in [4.69, 9.17) is 4.42 Å². The molecular weight excluding hydrogens is 452 g/mol. The van der Waals surface area contributed by atoms with E-state index in [0.717, 1.165) is 43.7 Å². The van der Waals surface area contributed by atoms with Crippen LogP contribution in [-0.4, -0.2) is 56.0 Å². The van der Waals surface area contributed by atoms with E-state index in [2.05, 4.69) is 44.7 Å². The standard InChI is InChI=1S/C29H30N4O3/c34-28(30-14-15-32-16-18-33(19-17-32)25-7-2-1-3-8-25)20-22-10-12-24(13-11-22)31-29(35)27-21-23-6-4-5-9-26(23)36-27/h1-13,21H,14-20H2,(H,30,34)(H,31,35). The summed E-state index contributed by atoms with van der Waals surface area (Å²) >= 11 is 0. The molecule has 0 bridgehead atoms. The van der Waals surface area contributed by atoms with E-state index in [-0.39, 0.29) is 17.6 Å². The second-order valence-electron chi connectivity index (χ2n) is 8.99. The minimum absolute atomic E-state index is 0.00279. The first-order valence-corrected chi connectivity index (χ1v) is 12.3. The molecule has 7 nitrogen and oxygen atoms in total. The normalized spacial score (nSPS) is 14.1. The Hall–Kier alpha value is -4.10. The summed E-state index contributed by atoms with van der Waals surface area (Å²) in [6, 6.07) is 27.0. The van der Waals surface area contributed by atoms with E-state index in [1.165, 1.54) is 5.69 Å². The Morgan fingerprint density at radius 1 is 0.833 bits per heavy atom. The summed E-state index contributed by atoms with van der Waals surface area (Å²) in [5, 5.41) is 6.76. The van der Waals surface area contributed by atoms with Crippen LogP contribution in [0.2, 0.25) is 0 Å². The third-order valence-electron chi connectivity index (χ3n) is 6.47. The second-order valence-corrected chi connectivity index (χ2v) is 8.99. The van der Waals surface area contributed by atoms with Gasteiger partial charge < -0.3 is 20.0 Å². The number of benzene rings is 3. The number of amides is 2. The second kappa shape index (κ2) is 11.1. The number of hydrogen-bond acceptors (Lipinski definition) is 5. The molecule has 184 valence electrons. The zero-order valence-corrected chi connectivity index (χ0v) is 20.2. The molecule has 0 unspecified atom stereocenters. The highest BCUT2D eigenvalue weighted by molar-refractivity contribution is 6.04. The molecular formula is C29H30N4O3. The molecule has 0 radical (unpaired) electrons. The van der Waals surface area contributed by atoms with Gasteiger partial charge in [0.1, 0.15) is 5.58 Å². The summed E-state index contributed by atoms with van der Waals surface area (Å²) in [7, 11) is 0. The average molecular weight is 483 g/mol. The molecule has 3 aromatic carbocycles. The van der Waals surface area contributed by atoms with Gasteiger partial charge in [0, 0.05) is 56.0 Å². The van der Waals surface area contributed by atoms with E-state index in [0.29, 0.717) is 24.2 Å². The Morgan fingerprint density at radius 2 is 1.56 bits per heavy atom. The highest BCUT2D eigenvalue weighted by atomic mass is 16.3. The van der Waals surface area contributed by atoms with E-state index >= 15 is 0 Å². The number of anilines is 2. The smallest absolute Gasteiger partial charge is 0.291 e. The summed E-state index contributed by atoms with van der Waals surface area (Å²) < 4.78 is 5.61. The molecule has 0 spiro atoms. The zero-order valence-electron chi connectivity index (χ0n) is 20.2. The summed E-state index contributed by atoms with van der Waals surface area (Å²) in [4.78, 5) is 29.7. The number of hydrogen-bond donors (Lipinski definition) is 2. The molecule has 1 aliphatic rings. The van der Waals surface area contributed by atoms with Gasteiger partial charge in [0.15, 0.2) is 5.76 Å². The summed E-state index contributed by atoms with van der Waals surface area (Å²) in [5.41, 5.74) is 3.49. The molecule has 4 aromatic rings. The third kappa shape index (κ3) is 5.93. The van der Waals surface area contributed by atoms with Gasteiger partial charge in [-0.15, -0.1) is 0 Å². The first-order valence-electron chi connectivity index (χ1n) is 12.3. The lowest BCUT2D eigenvalue weighted by Gasteiger charge is -2.36. The summed E-state index contributed by atoms with van der Waals surface area (Å²) in [6.07, 6.45) is 0.305. The van der Waals surface area contributed by atoms with Gasteiger partial charge in [0.05, 0.1) is 6.42 Å². The van der Waals surface area contributed by atoms with Crippen LogP contribution < -0.4 is 15.5 Å². The number of carbonyl (C=O) groups excluding carboxylic acids is 2. The van der Waals surface area contributed by atoms with Crippen molar-refractivity contribution in [2.75, 3.05) is 49.5 Å². The van der Waals surface area contributed by atoms with Crippen LogP contribution in [0.1, 0.15) is 16.1 Å². The number of furan rings is 1. The molecule has 0 aliphatic carbocycles. The van der Waals surface area contributed by atoms with Crippen molar-refractivity contribution in [1.29, 1.82) is 0 Å². The number of rotatable bonds is 8. The summed E-state index contributed by atoms with van der Waals surface area (Å²) in [6.45, 7) is 5.46. The molecule has 1 fully saturated rings. The van der Waals surface area contributed by atoms with Crippen LogP contribution in [0.5, 0.6) is 0 Å². The molecule has 1 saturated heterocycles. The lowest BCUT2D eigenvalue weighted by Crippen LogP contribution is -2.48. The van der Waals surface area contributed by atoms with Crippen LogP contribution in [0.15, 0.2) is 89.3 Å². The van der Waals surface area contributed by atoms with Gasteiger partial charge in [0.25, 0.3) is 5.91 Å². The van der Waals surface area contributed by atoms with Crippen LogP contribution in [0, 0.1) is 0 Å². The van der Waals surface area contributed by atoms with Crippen molar-refractivity contribution in [2.24, 2.45) is 0 Å². The van der Waals surface area contributed by atoms with Crippen molar-refractivity contribution < 1.29 is 14.0 Å². The van der Waals surface area contributed by atoms with E-state index in [1.807, 2.05) is 42.5 Å². The van der Waals surface area contributed by atoms with Gasteiger partial charge in [-0.2, -0.15) is 0 Å². The first kappa shape index (κ1) is 23.6. The number of para-hydroxylation sites is 2. The lowest BCUT2D eigenvalue weighted by atomic mass is 10.1. The molecule has 36 heavy (non-hydrogen) atoms. The van der Waals surface area contributed by atoms with Gasteiger partial charge in [-0.3, -0.25) is 14.5 Å². The Labute approximate surface area is 210 Å². The van der Waals surface area contributed by atoms with Crippen molar-refractivity contribution in [3.63, 3.8) is 0 Å². The molecule has 2 N–H and O–H groups in total. The minimum Gasteiger partial charge on any atom is -0.451 e. The van der Waals surface area contributed by atoms with Gasteiger partial charge in [-0.05, 0) is 42.0 Å². The van der Waals surface area contributed by atoms with Crippen LogP contribution in [0.4, 0.5) is 11.4 Å². The number of fused-ring (bicyclic) bond motifs is 1. The van der Waals surface area contributed by atoms with E-state index in [9.17, 15) is 9.59 Å². The maximum atomic E-state index is 12.5. The summed E-state index contributed by atoms with van der Waals surface area (Å²) in [5.74, 6) is -0.0422. The molecule has 1 aliphatic heterocycles. The SMILES string of the molecule is O=C(Cc1ccc(NC(=O)c2cc3ccccc3o2)cc1)NCCN1CCN(c2ccccc2)CC1. The fourth-order valence-corrected chi connectivity index (χ4v) is 4.46. The minimum atomic E-state index is -0.304. The van der Waals surface area contributed by atoms with E-state index in [1.54, 1.807) is 18.2 Å². The average Bonchev–Trinajstić information content (AvgIpc) is 3.35. The Kier molecular flexibility index (Phi) is 7.28. The molecule has 7 heteroatoms. The fourth-order valence-electron chi connectivity index (χ4n) is 4.46. The number of carbonyl (C=O) groups is 2. The molecule has 5 rings (SSSR count). The number of piperazine rings is 1. The van der Waals surface area contributed by atoms with Gasteiger partial charge in [-0.25, -0.2) is 0 Å². The van der Waals surface area contributed by atoms with Crippen molar-refractivity contribution >= 4 is 34.2 Å². The maximum Gasteiger partial charge on any atom is 0.291 e. The van der Waals surface area contributed by atoms with E-state index < -0.39 is 0 Å². The molecule has 2 amide bonds. The zero-order chi connectivity index (χ0) is 24.7. The predicted octanol–water partition coefficient (Wildman–Crippen LogP) is 4.17. The van der Waals surface area contributed by atoms with Crippen molar-refractivity contribution in [3.8, 4) is 0 Å². The van der Waals surface area contributed by atoms with Crippen molar-refractivity contribution in [3.05, 3.63) is 96.3 Å².